The van der Waals surface area contributed by atoms with Crippen LogP contribution in [0.5, 0.6) is 5.75 Å². The van der Waals surface area contributed by atoms with Gasteiger partial charge in [0.25, 0.3) is 0 Å². The summed E-state index contributed by atoms with van der Waals surface area (Å²) in [5.74, 6) is -1.26. The monoisotopic (exact) mass is 431 g/mol. The second-order valence-corrected chi connectivity index (χ2v) is 8.10. The third-order valence-electron chi connectivity index (χ3n) is 5.81. The molecule has 168 valence electrons. The molecule has 0 saturated heterocycles. The Morgan fingerprint density at radius 1 is 1.10 bits per heavy atom. The van der Waals surface area contributed by atoms with Crippen molar-refractivity contribution >= 4 is 24.5 Å². The number of carboxylic acids is 1. The molecule has 0 unspecified atom stereocenters. The van der Waals surface area contributed by atoms with Gasteiger partial charge in [-0.15, -0.1) is 0 Å². The van der Waals surface area contributed by atoms with Crippen molar-refractivity contribution in [3.05, 3.63) is 35.9 Å². The zero-order chi connectivity index (χ0) is 22.1. The molecule has 0 bridgehead atoms. The Labute approximate surface area is 183 Å². The number of allylic oxidation sites excluding steroid dienone is 1. The van der Waals surface area contributed by atoms with E-state index in [4.69, 9.17) is 19.3 Å². The number of hydroxylamine groups is 1. The minimum atomic E-state index is -1.23. The van der Waals surface area contributed by atoms with Gasteiger partial charge in [0, 0.05) is 7.05 Å². The minimum absolute atomic E-state index is 0.418. The Kier molecular flexibility index (Phi) is 8.51. The second kappa shape index (κ2) is 11.3. The minimum Gasteiger partial charge on any atom is -0.489 e. The van der Waals surface area contributed by atoms with Gasteiger partial charge in [-0.3, -0.25) is 0 Å². The summed E-state index contributed by atoms with van der Waals surface area (Å²) in [5.41, 5.74) is 5.01. The number of carbonyl (C=O) groups excluding carboxylic acids is 1. The highest BCUT2D eigenvalue weighted by molar-refractivity contribution is 6.61. The fourth-order valence-corrected chi connectivity index (χ4v) is 4.28. The Morgan fingerprint density at radius 3 is 2.52 bits per heavy atom. The van der Waals surface area contributed by atoms with Gasteiger partial charge >= 0.3 is 19.1 Å². The van der Waals surface area contributed by atoms with Crippen LogP contribution in [0.4, 0.5) is 0 Å². The highest BCUT2D eigenvalue weighted by Gasteiger charge is 2.34. The number of nitrogens with one attached hydrogen (secondary N) is 1. The number of esters is 1. The lowest BCUT2D eigenvalue weighted by Crippen LogP contribution is -2.41. The maximum atomic E-state index is 11.6. The third-order valence-corrected chi connectivity index (χ3v) is 5.81. The number of aliphatic carboxylic acids is 1. The molecule has 0 aliphatic heterocycles. The molecular formula is C22H30BNO7. The van der Waals surface area contributed by atoms with Crippen LogP contribution >= 0.6 is 0 Å². The zero-order valence-electron chi connectivity index (χ0n) is 17.9. The maximum absolute atomic E-state index is 11.6. The van der Waals surface area contributed by atoms with Gasteiger partial charge in [0.05, 0.1) is 0 Å². The first-order valence-electron chi connectivity index (χ1n) is 10.7. The fourth-order valence-electron chi connectivity index (χ4n) is 4.28. The van der Waals surface area contributed by atoms with Crippen LogP contribution < -0.4 is 15.7 Å². The molecule has 1 aromatic rings. The first kappa shape index (κ1) is 23.3. The molecule has 1 aromatic carbocycles. The van der Waals surface area contributed by atoms with Crippen LogP contribution in [0.25, 0.3) is 0 Å². The molecule has 9 heteroatoms. The smallest absolute Gasteiger partial charge is 0.489 e. The molecule has 2 aliphatic carbocycles. The molecule has 0 heterocycles. The molecule has 31 heavy (non-hydrogen) atoms. The van der Waals surface area contributed by atoms with Gasteiger partial charge in [-0.1, -0.05) is 37.5 Å². The molecule has 0 radical (unpaired) electrons. The van der Waals surface area contributed by atoms with Gasteiger partial charge in [-0.25, -0.2) is 15.1 Å². The number of benzene rings is 1. The Balaban J connectivity index is 1.49. The van der Waals surface area contributed by atoms with Crippen LogP contribution in [0.3, 0.4) is 0 Å². The van der Waals surface area contributed by atoms with Crippen LogP contribution in [-0.2, 0) is 23.7 Å². The topological polar surface area (TPSA) is 103 Å². The molecule has 0 atom stereocenters. The Morgan fingerprint density at radius 2 is 1.84 bits per heavy atom. The fraction of sp³-hybridized carbons (Fsp3) is 0.545. The van der Waals surface area contributed by atoms with Crippen LogP contribution in [-0.4, -0.2) is 51.0 Å². The standard InChI is InChI=1S/C22H30BNO7/c1-24-31-23(30-16-21(27)29-15-20(25)26)18-5-7-19(8-6-18)28-14-17-9-12-22(13-17)10-3-2-4-11-22/h5-8,13,24H,2-4,9-12,14-16H2,1H3,(H,25,26). The van der Waals surface area contributed by atoms with Crippen molar-refractivity contribution in [2.45, 2.75) is 44.9 Å². The van der Waals surface area contributed by atoms with Crippen molar-refractivity contribution in [2.75, 3.05) is 26.9 Å². The molecule has 3 rings (SSSR count). The summed E-state index contributed by atoms with van der Waals surface area (Å²) >= 11 is 0. The Hall–Kier alpha value is -2.36. The average Bonchev–Trinajstić information content (AvgIpc) is 3.16. The predicted octanol–water partition coefficient (Wildman–Crippen LogP) is 2.23. The van der Waals surface area contributed by atoms with Crippen molar-refractivity contribution < 1.29 is 33.6 Å². The lowest BCUT2D eigenvalue weighted by Gasteiger charge is -2.31. The molecular weight excluding hydrogens is 401 g/mol. The molecule has 8 nitrogen and oxygen atoms in total. The molecule has 1 spiro atoms. The van der Waals surface area contributed by atoms with E-state index in [1.165, 1.54) is 44.1 Å². The van der Waals surface area contributed by atoms with Crippen molar-refractivity contribution in [3.8, 4) is 5.75 Å². The largest absolute Gasteiger partial charge is 0.511 e. The molecule has 2 N–H and O–H groups in total. The second-order valence-electron chi connectivity index (χ2n) is 8.10. The first-order valence-corrected chi connectivity index (χ1v) is 10.7. The quantitative estimate of drug-likeness (QED) is 0.238. The summed E-state index contributed by atoms with van der Waals surface area (Å²) in [4.78, 5) is 22.0. The summed E-state index contributed by atoms with van der Waals surface area (Å²) in [7, 11) is 0.713. The summed E-state index contributed by atoms with van der Waals surface area (Å²) in [5, 5.41) is 8.54. The number of ether oxygens (including phenoxy) is 2. The molecule has 2 aliphatic rings. The van der Waals surface area contributed by atoms with E-state index in [0.717, 1.165) is 12.2 Å². The summed E-state index contributed by atoms with van der Waals surface area (Å²) in [6, 6.07) is 7.26. The van der Waals surface area contributed by atoms with E-state index in [1.54, 1.807) is 19.2 Å². The van der Waals surface area contributed by atoms with Gasteiger partial charge in [0.15, 0.2) is 6.61 Å². The predicted molar refractivity (Wildman–Crippen MR) is 115 cm³/mol. The van der Waals surface area contributed by atoms with Gasteiger partial charge in [-0.05, 0) is 54.3 Å². The van der Waals surface area contributed by atoms with E-state index in [0.29, 0.717) is 17.5 Å². The van der Waals surface area contributed by atoms with E-state index in [1.807, 2.05) is 12.1 Å². The molecule has 1 saturated carbocycles. The van der Waals surface area contributed by atoms with E-state index >= 15 is 0 Å². The number of carbonyl (C=O) groups is 2. The SMILES string of the molecule is CNOB(OCC(=O)OCC(=O)O)c1ccc(OCC2=CC3(CCCCC3)CC2)cc1. The van der Waals surface area contributed by atoms with Crippen LogP contribution in [0.1, 0.15) is 44.9 Å². The average molecular weight is 431 g/mol. The van der Waals surface area contributed by atoms with E-state index < -0.39 is 32.3 Å². The van der Waals surface area contributed by atoms with Gasteiger partial charge < -0.3 is 24.0 Å². The van der Waals surface area contributed by atoms with Crippen LogP contribution in [0.15, 0.2) is 35.9 Å². The Bertz CT molecular complexity index is 775. The number of rotatable bonds is 11. The van der Waals surface area contributed by atoms with E-state index in [2.05, 4.69) is 16.3 Å². The number of carboxylic acid groups (broad SMARTS) is 1. The first-order chi connectivity index (χ1) is 15.0. The van der Waals surface area contributed by atoms with Gasteiger partial charge in [0.2, 0.25) is 0 Å². The highest BCUT2D eigenvalue weighted by Crippen LogP contribution is 2.47. The lowest BCUT2D eigenvalue weighted by atomic mass is 9.74. The van der Waals surface area contributed by atoms with Crippen molar-refractivity contribution in [3.63, 3.8) is 0 Å². The number of hydrogen-bond acceptors (Lipinski definition) is 7. The summed E-state index contributed by atoms with van der Waals surface area (Å²) in [6.45, 7) is -0.541. The molecule has 0 amide bonds. The van der Waals surface area contributed by atoms with Crippen LogP contribution in [0, 0.1) is 5.41 Å². The van der Waals surface area contributed by atoms with Crippen LogP contribution in [0.2, 0.25) is 0 Å². The van der Waals surface area contributed by atoms with Gasteiger partial charge in [-0.2, -0.15) is 0 Å². The van der Waals surface area contributed by atoms with E-state index in [9.17, 15) is 9.59 Å². The van der Waals surface area contributed by atoms with Crippen molar-refractivity contribution in [2.24, 2.45) is 5.41 Å². The zero-order valence-corrected chi connectivity index (χ0v) is 17.9. The van der Waals surface area contributed by atoms with E-state index in [-0.39, 0.29) is 0 Å². The lowest BCUT2D eigenvalue weighted by molar-refractivity contribution is -0.156. The highest BCUT2D eigenvalue weighted by atomic mass is 16.7. The van der Waals surface area contributed by atoms with Crippen molar-refractivity contribution in [1.82, 2.24) is 5.48 Å². The number of hydrogen-bond donors (Lipinski definition) is 2. The summed E-state index contributed by atoms with van der Waals surface area (Å²) in [6.07, 6.45) is 11.5. The maximum Gasteiger partial charge on any atom is 0.511 e. The molecule has 0 aromatic heterocycles. The third kappa shape index (κ3) is 7.09. The van der Waals surface area contributed by atoms with Crippen molar-refractivity contribution in [1.29, 1.82) is 0 Å². The summed E-state index contributed by atoms with van der Waals surface area (Å²) < 4.78 is 21.2. The molecule has 1 fully saturated rings. The normalized spacial score (nSPS) is 17.3. The van der Waals surface area contributed by atoms with Gasteiger partial charge in [0.1, 0.15) is 19.0 Å².